The second-order valence-corrected chi connectivity index (χ2v) is 11.4. The summed E-state index contributed by atoms with van der Waals surface area (Å²) in [7, 11) is 1.70. The zero-order valence-electron chi connectivity index (χ0n) is 23.4. The number of ether oxygens (including phenoxy) is 4. The van der Waals surface area contributed by atoms with Gasteiger partial charge < -0.3 is 29.4 Å². The van der Waals surface area contributed by atoms with Crippen LogP contribution in [0.15, 0.2) is 24.3 Å². The van der Waals surface area contributed by atoms with Gasteiger partial charge in [-0.3, -0.25) is 9.69 Å². The molecule has 0 aliphatic carbocycles. The van der Waals surface area contributed by atoms with E-state index in [1.54, 1.807) is 13.2 Å². The molecule has 40 heavy (non-hydrogen) atoms. The van der Waals surface area contributed by atoms with Crippen molar-refractivity contribution in [2.75, 3.05) is 58.5 Å². The average Bonchev–Trinajstić information content (AvgIpc) is 3.39. The van der Waals surface area contributed by atoms with Crippen LogP contribution in [0.2, 0.25) is 0 Å². The van der Waals surface area contributed by atoms with Crippen molar-refractivity contribution in [1.29, 1.82) is 0 Å². The Hall–Kier alpha value is -2.95. The Bertz CT molecular complexity index is 1170. The lowest BCUT2D eigenvalue weighted by atomic mass is 9.90. The lowest BCUT2D eigenvalue weighted by Gasteiger charge is -2.38. The number of likely N-dealkylation sites (tertiary alicyclic amines) is 1. The van der Waals surface area contributed by atoms with Crippen molar-refractivity contribution in [1.82, 2.24) is 9.88 Å². The molecular weight excluding hydrogens is 517 g/mol. The van der Waals surface area contributed by atoms with Crippen molar-refractivity contribution in [2.45, 2.75) is 57.6 Å². The molecule has 4 heterocycles. The maximum atomic E-state index is 14.8. The molecule has 0 saturated carbocycles. The maximum Gasteiger partial charge on any atom is 0.325 e. The van der Waals surface area contributed by atoms with Gasteiger partial charge in [-0.05, 0) is 44.6 Å². The summed E-state index contributed by atoms with van der Waals surface area (Å²) in [5.41, 5.74) is 2.31. The fourth-order valence-corrected chi connectivity index (χ4v) is 5.71. The number of pyridine rings is 1. The van der Waals surface area contributed by atoms with Crippen LogP contribution in [0.3, 0.4) is 0 Å². The van der Waals surface area contributed by atoms with Gasteiger partial charge in [0, 0.05) is 54.5 Å². The van der Waals surface area contributed by atoms with E-state index in [0.29, 0.717) is 38.5 Å². The molecule has 0 spiro atoms. The molecule has 2 saturated heterocycles. The van der Waals surface area contributed by atoms with E-state index >= 15 is 0 Å². The molecule has 0 radical (unpaired) electrons. The number of benzene rings is 1. The van der Waals surface area contributed by atoms with Crippen molar-refractivity contribution in [3.05, 3.63) is 46.9 Å². The monoisotopic (exact) mass is 557 g/mol. The van der Waals surface area contributed by atoms with Crippen LogP contribution in [-0.4, -0.2) is 80.2 Å². The van der Waals surface area contributed by atoms with Gasteiger partial charge in [0.05, 0.1) is 33.0 Å². The number of anilines is 1. The number of carboxylic acids is 1. The molecular formula is C30H40FN3O6. The molecule has 2 fully saturated rings. The predicted octanol–water partition coefficient (Wildman–Crippen LogP) is 4.24. The van der Waals surface area contributed by atoms with Gasteiger partial charge in [0.2, 0.25) is 0 Å². The Morgan fingerprint density at radius 2 is 2.20 bits per heavy atom. The van der Waals surface area contributed by atoms with Crippen LogP contribution in [-0.2, 0) is 27.1 Å². The minimum absolute atomic E-state index is 0.00927. The molecule has 2 aromatic rings. The highest BCUT2D eigenvalue weighted by Crippen LogP contribution is 2.36. The zero-order chi connectivity index (χ0) is 28.1. The third kappa shape index (κ3) is 6.50. The summed E-state index contributed by atoms with van der Waals surface area (Å²) >= 11 is 0. The summed E-state index contributed by atoms with van der Waals surface area (Å²) < 4.78 is 37.7. The van der Waals surface area contributed by atoms with E-state index in [1.165, 1.54) is 12.1 Å². The fraction of sp³-hybridized carbons (Fsp3) is 0.600. The Balaban J connectivity index is 1.12. The molecule has 9 nitrogen and oxygen atoms in total. The summed E-state index contributed by atoms with van der Waals surface area (Å²) in [6.45, 7) is 5.89. The van der Waals surface area contributed by atoms with Crippen molar-refractivity contribution < 1.29 is 33.2 Å². The number of hydrogen-bond donors (Lipinski definition) is 2. The largest absolute Gasteiger partial charge is 0.496 e. The molecule has 1 unspecified atom stereocenters. The van der Waals surface area contributed by atoms with E-state index in [2.05, 4.69) is 5.32 Å². The first-order valence-electron chi connectivity index (χ1n) is 14.2. The molecule has 2 N–H and O–H groups in total. The molecule has 0 amide bonds. The van der Waals surface area contributed by atoms with Crippen LogP contribution >= 0.6 is 0 Å². The van der Waals surface area contributed by atoms with Crippen LogP contribution < -0.4 is 14.8 Å². The molecule has 2 atom stereocenters. The number of aromatic nitrogens is 1. The van der Waals surface area contributed by atoms with E-state index in [1.807, 2.05) is 17.9 Å². The van der Waals surface area contributed by atoms with Gasteiger partial charge in [0.1, 0.15) is 17.6 Å². The number of hydrogen-bond acceptors (Lipinski definition) is 8. The van der Waals surface area contributed by atoms with E-state index in [9.17, 15) is 14.3 Å². The second kappa shape index (κ2) is 12.7. The van der Waals surface area contributed by atoms with Crippen molar-refractivity contribution in [3.8, 4) is 11.5 Å². The van der Waals surface area contributed by atoms with Gasteiger partial charge in [-0.15, -0.1) is 0 Å². The zero-order valence-corrected chi connectivity index (χ0v) is 23.4. The number of halogens is 1. The van der Waals surface area contributed by atoms with Crippen LogP contribution in [0.5, 0.6) is 11.5 Å². The SMILES string of the molecule is COc1cc(CCCCO[C@@H]2CCN(C(C(=O)O)c3cccc(F)c3OCC3(C)COC3)C2)nc2c1CCCN2. The number of aliphatic carboxylic acids is 1. The Labute approximate surface area is 235 Å². The first-order chi connectivity index (χ1) is 19.4. The molecule has 218 valence electrons. The van der Waals surface area contributed by atoms with Gasteiger partial charge in [-0.1, -0.05) is 19.1 Å². The standard InChI is InChI=1S/C30H40FN3O6/c1-30(17-38-18-30)19-40-27-23(8-5-10-24(27)31)26(29(35)36)34-13-11-21(16-34)39-14-4-3-7-20-15-25(37-2)22-9-6-12-32-28(22)33-20/h5,8,10,15,21,26H,3-4,6-7,9,11-14,16-19H2,1-2H3,(H,32,33)(H,35,36)/t21-,26?/m1/s1. The molecule has 1 aromatic heterocycles. The molecule has 3 aliphatic heterocycles. The first-order valence-corrected chi connectivity index (χ1v) is 14.2. The fourth-order valence-electron chi connectivity index (χ4n) is 5.71. The van der Waals surface area contributed by atoms with Gasteiger partial charge in [0.25, 0.3) is 0 Å². The van der Waals surface area contributed by atoms with Gasteiger partial charge in [0.15, 0.2) is 11.6 Å². The van der Waals surface area contributed by atoms with Crippen molar-refractivity contribution >= 4 is 11.8 Å². The number of fused-ring (bicyclic) bond motifs is 1. The number of carbonyl (C=O) groups is 1. The number of rotatable bonds is 13. The lowest BCUT2D eigenvalue weighted by Crippen LogP contribution is -2.44. The summed E-state index contributed by atoms with van der Waals surface area (Å²) in [6.07, 6.45) is 5.35. The van der Waals surface area contributed by atoms with Crippen LogP contribution in [0, 0.1) is 11.2 Å². The molecule has 3 aliphatic rings. The Morgan fingerprint density at radius 3 is 2.95 bits per heavy atom. The van der Waals surface area contributed by atoms with Gasteiger partial charge in [-0.2, -0.15) is 0 Å². The summed E-state index contributed by atoms with van der Waals surface area (Å²) in [5.74, 6) is 0.266. The van der Waals surface area contributed by atoms with E-state index in [0.717, 1.165) is 67.9 Å². The lowest BCUT2D eigenvalue weighted by molar-refractivity contribution is -0.143. The van der Waals surface area contributed by atoms with E-state index in [-0.39, 0.29) is 23.9 Å². The summed E-state index contributed by atoms with van der Waals surface area (Å²) in [4.78, 5) is 19.0. The number of nitrogens with one attached hydrogen (secondary N) is 1. The van der Waals surface area contributed by atoms with E-state index < -0.39 is 17.8 Å². The molecule has 5 rings (SSSR count). The average molecular weight is 558 g/mol. The number of para-hydroxylation sites is 1. The number of unbranched alkanes of at least 4 members (excludes halogenated alkanes) is 1. The topological polar surface area (TPSA) is 102 Å². The van der Waals surface area contributed by atoms with Crippen molar-refractivity contribution in [3.63, 3.8) is 0 Å². The molecule has 0 bridgehead atoms. The highest BCUT2D eigenvalue weighted by molar-refractivity contribution is 5.77. The van der Waals surface area contributed by atoms with E-state index in [4.69, 9.17) is 23.9 Å². The highest BCUT2D eigenvalue weighted by Gasteiger charge is 2.38. The van der Waals surface area contributed by atoms with Gasteiger partial charge in [-0.25, -0.2) is 9.37 Å². The Kier molecular flexibility index (Phi) is 9.07. The number of aryl methyl sites for hydroxylation is 1. The number of methoxy groups -OCH3 is 1. The summed E-state index contributed by atoms with van der Waals surface area (Å²) in [5, 5.41) is 13.5. The number of nitrogens with zero attached hydrogens (tertiary/aromatic N) is 2. The second-order valence-electron chi connectivity index (χ2n) is 11.4. The molecule has 10 heteroatoms. The maximum absolute atomic E-state index is 14.8. The number of carboxylic acid groups (broad SMARTS) is 1. The van der Waals surface area contributed by atoms with Crippen molar-refractivity contribution in [2.24, 2.45) is 5.41 Å². The van der Waals surface area contributed by atoms with Crippen LogP contribution in [0.25, 0.3) is 0 Å². The third-order valence-electron chi connectivity index (χ3n) is 7.97. The Morgan fingerprint density at radius 1 is 1.35 bits per heavy atom. The quantitative estimate of drug-likeness (QED) is 0.350. The molecule has 1 aromatic carbocycles. The smallest absolute Gasteiger partial charge is 0.325 e. The minimum atomic E-state index is -1.03. The minimum Gasteiger partial charge on any atom is -0.496 e. The van der Waals surface area contributed by atoms with Gasteiger partial charge >= 0.3 is 5.97 Å². The van der Waals surface area contributed by atoms with Crippen LogP contribution in [0.4, 0.5) is 10.2 Å². The predicted molar refractivity (Wildman–Crippen MR) is 148 cm³/mol. The van der Waals surface area contributed by atoms with Crippen LogP contribution in [0.1, 0.15) is 55.5 Å². The summed E-state index contributed by atoms with van der Waals surface area (Å²) in [6, 6.07) is 5.51. The normalized spacial score (nSPS) is 20.7. The highest BCUT2D eigenvalue weighted by atomic mass is 19.1. The third-order valence-corrected chi connectivity index (χ3v) is 7.97. The first kappa shape index (κ1) is 28.6.